The smallest absolute Gasteiger partial charge is 0.338 e. The zero-order chi connectivity index (χ0) is 20.1. The molecule has 0 saturated carbocycles. The monoisotopic (exact) mass is 399 g/mol. The van der Waals surface area contributed by atoms with Gasteiger partial charge in [0.25, 0.3) is 5.91 Å². The largest absolute Gasteiger partial charge is 0.464 e. The molecule has 7 nitrogen and oxygen atoms in total. The van der Waals surface area contributed by atoms with Gasteiger partial charge in [-0.1, -0.05) is 29.8 Å². The fraction of sp³-hybridized carbons (Fsp3) is 0.150. The molecular formula is C20H18ClN3O4. The summed E-state index contributed by atoms with van der Waals surface area (Å²) in [5.41, 5.74) is 1.81. The van der Waals surface area contributed by atoms with Crippen molar-refractivity contribution in [1.29, 1.82) is 0 Å². The van der Waals surface area contributed by atoms with Crippen LogP contribution in [0.25, 0.3) is 5.70 Å². The Morgan fingerprint density at radius 3 is 2.68 bits per heavy atom. The summed E-state index contributed by atoms with van der Waals surface area (Å²) in [5, 5.41) is 8.59. The lowest BCUT2D eigenvalue weighted by atomic mass is 10.1. The third-order valence-electron chi connectivity index (χ3n) is 3.93. The van der Waals surface area contributed by atoms with E-state index in [2.05, 4.69) is 16.0 Å². The van der Waals surface area contributed by atoms with Crippen molar-refractivity contribution in [1.82, 2.24) is 5.32 Å². The number of fused-ring (bicyclic) bond motifs is 1. The quantitative estimate of drug-likeness (QED) is 0.417. The van der Waals surface area contributed by atoms with Crippen LogP contribution >= 0.6 is 11.6 Å². The Balaban J connectivity index is 1.96. The van der Waals surface area contributed by atoms with Crippen LogP contribution in [0.4, 0.5) is 11.4 Å². The fourth-order valence-corrected chi connectivity index (χ4v) is 2.87. The van der Waals surface area contributed by atoms with Crippen molar-refractivity contribution in [2.24, 2.45) is 0 Å². The normalized spacial score (nSPS) is 17.0. The number of carbonyl (C=O) groups excluding carboxylic acids is 3. The molecule has 1 unspecified atom stereocenters. The summed E-state index contributed by atoms with van der Waals surface area (Å²) in [6.45, 7) is 1.77. The summed E-state index contributed by atoms with van der Waals surface area (Å²) in [5.74, 6) is -1.77. The molecule has 2 aromatic rings. The zero-order valence-electron chi connectivity index (χ0n) is 15.0. The van der Waals surface area contributed by atoms with Gasteiger partial charge in [-0.15, -0.1) is 0 Å². The molecule has 3 N–H and O–H groups in total. The summed E-state index contributed by atoms with van der Waals surface area (Å²) in [6.07, 6.45) is 1.28. The van der Waals surface area contributed by atoms with Crippen molar-refractivity contribution in [3.63, 3.8) is 0 Å². The molecule has 144 valence electrons. The number of rotatable bonds is 4. The van der Waals surface area contributed by atoms with Crippen LogP contribution in [0.5, 0.6) is 0 Å². The Morgan fingerprint density at radius 2 is 1.96 bits per heavy atom. The zero-order valence-corrected chi connectivity index (χ0v) is 15.7. The molecule has 0 saturated heterocycles. The van der Waals surface area contributed by atoms with Crippen molar-refractivity contribution in [2.75, 3.05) is 17.2 Å². The number of halogens is 1. The number of esters is 1. The maximum Gasteiger partial charge on any atom is 0.338 e. The van der Waals surface area contributed by atoms with Gasteiger partial charge in [0, 0.05) is 22.3 Å². The molecule has 3 rings (SSSR count). The van der Waals surface area contributed by atoms with Gasteiger partial charge in [0.15, 0.2) is 0 Å². The first-order valence-corrected chi connectivity index (χ1v) is 8.97. The molecule has 0 spiro atoms. The highest BCUT2D eigenvalue weighted by atomic mass is 35.5. The van der Waals surface area contributed by atoms with E-state index in [0.29, 0.717) is 22.0 Å². The number of hydrogen-bond donors (Lipinski definition) is 3. The average molecular weight is 400 g/mol. The predicted molar refractivity (Wildman–Crippen MR) is 107 cm³/mol. The molecule has 1 heterocycles. The van der Waals surface area contributed by atoms with E-state index in [9.17, 15) is 14.4 Å². The number of anilines is 2. The number of nitrogens with one attached hydrogen (secondary N) is 3. The van der Waals surface area contributed by atoms with Crippen LogP contribution in [0.3, 0.4) is 0 Å². The van der Waals surface area contributed by atoms with Gasteiger partial charge in [0.05, 0.1) is 18.0 Å². The minimum atomic E-state index is -1.30. The van der Waals surface area contributed by atoms with Gasteiger partial charge >= 0.3 is 5.97 Å². The lowest BCUT2D eigenvalue weighted by Crippen LogP contribution is -2.45. The van der Waals surface area contributed by atoms with Crippen molar-refractivity contribution < 1.29 is 19.1 Å². The van der Waals surface area contributed by atoms with Crippen molar-refractivity contribution in [2.45, 2.75) is 13.0 Å². The van der Waals surface area contributed by atoms with E-state index in [1.807, 2.05) is 6.07 Å². The molecule has 28 heavy (non-hydrogen) atoms. The number of carbonyl (C=O) groups is 3. The Kier molecular flexibility index (Phi) is 5.96. The molecule has 0 aliphatic carbocycles. The van der Waals surface area contributed by atoms with E-state index in [-0.39, 0.29) is 12.3 Å². The Labute approximate surface area is 166 Å². The molecule has 0 aromatic heterocycles. The SMILES string of the molecule is CCOC(=O)C1N/C(=C\C(=O)Nc2ccccc2)c2ccc(Cl)cc2NC1=O. The number of benzene rings is 2. The summed E-state index contributed by atoms with van der Waals surface area (Å²) < 4.78 is 4.96. The summed E-state index contributed by atoms with van der Waals surface area (Å²) in [6, 6.07) is 12.4. The average Bonchev–Trinajstić information content (AvgIpc) is 2.78. The Bertz CT molecular complexity index is 944. The summed E-state index contributed by atoms with van der Waals surface area (Å²) in [4.78, 5) is 37.2. The predicted octanol–water partition coefficient (Wildman–Crippen LogP) is 2.79. The van der Waals surface area contributed by atoms with E-state index >= 15 is 0 Å². The maximum atomic E-state index is 12.5. The Morgan fingerprint density at radius 1 is 1.21 bits per heavy atom. The second-order valence-electron chi connectivity index (χ2n) is 5.92. The number of hydrogen-bond acceptors (Lipinski definition) is 5. The van der Waals surface area contributed by atoms with Gasteiger partial charge in [-0.25, -0.2) is 4.79 Å². The molecule has 1 atom stereocenters. The van der Waals surface area contributed by atoms with Crippen LogP contribution in [0.1, 0.15) is 12.5 Å². The van der Waals surface area contributed by atoms with Crippen LogP contribution in [0.2, 0.25) is 5.02 Å². The van der Waals surface area contributed by atoms with E-state index in [4.69, 9.17) is 16.3 Å². The van der Waals surface area contributed by atoms with Crippen LogP contribution in [0.15, 0.2) is 54.6 Å². The minimum Gasteiger partial charge on any atom is -0.464 e. The van der Waals surface area contributed by atoms with Gasteiger partial charge in [0.2, 0.25) is 11.9 Å². The van der Waals surface area contributed by atoms with Crippen LogP contribution < -0.4 is 16.0 Å². The second kappa shape index (κ2) is 8.58. The van der Waals surface area contributed by atoms with Crippen LogP contribution in [-0.2, 0) is 19.1 Å². The molecular weight excluding hydrogens is 382 g/mol. The van der Waals surface area contributed by atoms with E-state index in [1.54, 1.807) is 49.4 Å². The third-order valence-corrected chi connectivity index (χ3v) is 4.17. The van der Waals surface area contributed by atoms with Gasteiger partial charge in [0.1, 0.15) is 0 Å². The minimum absolute atomic E-state index is 0.122. The third kappa shape index (κ3) is 4.50. The molecule has 8 heteroatoms. The highest BCUT2D eigenvalue weighted by Gasteiger charge is 2.33. The lowest BCUT2D eigenvalue weighted by Gasteiger charge is -2.15. The molecule has 0 fully saturated rings. The molecule has 2 amide bonds. The van der Waals surface area contributed by atoms with E-state index in [1.165, 1.54) is 6.08 Å². The number of para-hydroxylation sites is 1. The first-order valence-electron chi connectivity index (χ1n) is 8.59. The van der Waals surface area contributed by atoms with E-state index in [0.717, 1.165) is 0 Å². The molecule has 1 aliphatic heterocycles. The number of ether oxygens (including phenoxy) is 1. The lowest BCUT2D eigenvalue weighted by molar-refractivity contribution is -0.147. The first-order chi connectivity index (χ1) is 13.5. The standard InChI is InChI=1S/C20H18ClN3O4/c1-2-28-20(27)18-19(26)24-15-10-12(21)8-9-14(15)16(23-18)11-17(25)22-13-6-4-3-5-7-13/h3-11,18,23H,2H2,1H3,(H,22,25)(H,24,26)/b16-11-. The first kappa shape index (κ1) is 19.4. The topological polar surface area (TPSA) is 96.5 Å². The fourth-order valence-electron chi connectivity index (χ4n) is 2.70. The molecule has 1 aliphatic rings. The van der Waals surface area contributed by atoms with Crippen LogP contribution in [0, 0.1) is 0 Å². The van der Waals surface area contributed by atoms with Crippen molar-refractivity contribution in [3.05, 3.63) is 65.2 Å². The van der Waals surface area contributed by atoms with Gasteiger partial charge in [-0.05, 0) is 37.3 Å². The highest BCUT2D eigenvalue weighted by Crippen LogP contribution is 2.29. The van der Waals surface area contributed by atoms with Crippen molar-refractivity contribution >= 4 is 46.5 Å². The van der Waals surface area contributed by atoms with Gasteiger partial charge < -0.3 is 20.7 Å². The number of amides is 2. The molecule has 2 aromatic carbocycles. The van der Waals surface area contributed by atoms with Crippen LogP contribution in [-0.4, -0.2) is 30.4 Å². The van der Waals surface area contributed by atoms with Gasteiger partial charge in [-0.2, -0.15) is 0 Å². The summed E-state index contributed by atoms with van der Waals surface area (Å²) >= 11 is 6.03. The second-order valence-corrected chi connectivity index (χ2v) is 6.36. The molecule has 0 radical (unpaired) electrons. The van der Waals surface area contributed by atoms with E-state index < -0.39 is 23.8 Å². The maximum absolute atomic E-state index is 12.5. The summed E-state index contributed by atoms with van der Waals surface area (Å²) in [7, 11) is 0. The molecule has 0 bridgehead atoms. The highest BCUT2D eigenvalue weighted by molar-refractivity contribution is 6.31. The van der Waals surface area contributed by atoms with Crippen molar-refractivity contribution in [3.8, 4) is 0 Å². The van der Waals surface area contributed by atoms with Gasteiger partial charge in [-0.3, -0.25) is 9.59 Å². The Hall–Kier alpha value is -3.32.